The summed E-state index contributed by atoms with van der Waals surface area (Å²) < 4.78 is 33.9. The molecule has 0 saturated heterocycles. The van der Waals surface area contributed by atoms with E-state index in [-0.39, 0.29) is 16.9 Å². The van der Waals surface area contributed by atoms with E-state index in [0.29, 0.717) is 38.2 Å². The van der Waals surface area contributed by atoms with Crippen molar-refractivity contribution in [3.63, 3.8) is 0 Å². The molecule has 0 fully saturated rings. The van der Waals surface area contributed by atoms with Gasteiger partial charge in [0.1, 0.15) is 12.7 Å². The first kappa shape index (κ1) is 19.2. The number of hydrogen-bond acceptors (Lipinski definition) is 5. The van der Waals surface area contributed by atoms with E-state index in [1.54, 1.807) is 12.1 Å². The van der Waals surface area contributed by atoms with E-state index in [0.717, 1.165) is 11.3 Å². The monoisotopic (exact) mass is 390 g/mol. The van der Waals surface area contributed by atoms with Gasteiger partial charge >= 0.3 is 0 Å². The minimum Gasteiger partial charge on any atom is -0.486 e. The summed E-state index contributed by atoms with van der Waals surface area (Å²) in [7, 11) is -3.68. The lowest BCUT2D eigenvalue weighted by molar-refractivity contribution is -0.121. The first-order valence-corrected chi connectivity index (χ1v) is 10.2. The van der Waals surface area contributed by atoms with Crippen LogP contribution in [0.1, 0.15) is 18.4 Å². The van der Waals surface area contributed by atoms with Crippen LogP contribution < -0.4 is 19.9 Å². The van der Waals surface area contributed by atoms with Gasteiger partial charge in [0.05, 0.1) is 4.90 Å². The molecule has 144 valence electrons. The van der Waals surface area contributed by atoms with Crippen molar-refractivity contribution >= 4 is 15.9 Å². The van der Waals surface area contributed by atoms with Gasteiger partial charge in [0, 0.05) is 13.0 Å². The summed E-state index contributed by atoms with van der Waals surface area (Å²) in [5.74, 6) is 1.38. The summed E-state index contributed by atoms with van der Waals surface area (Å²) >= 11 is 0. The first-order chi connectivity index (χ1) is 12.9. The molecule has 0 aromatic heterocycles. The van der Waals surface area contributed by atoms with Crippen molar-refractivity contribution in [2.75, 3.05) is 13.2 Å². The Morgan fingerprint density at radius 3 is 2.52 bits per heavy atom. The van der Waals surface area contributed by atoms with Gasteiger partial charge in [-0.3, -0.25) is 4.79 Å². The van der Waals surface area contributed by atoms with Crippen LogP contribution in [0, 0.1) is 0 Å². The van der Waals surface area contributed by atoms with E-state index in [1.807, 2.05) is 24.3 Å². The number of carbonyl (C=O) groups excluding carboxylic acids is 1. The van der Waals surface area contributed by atoms with Crippen LogP contribution in [0.25, 0.3) is 0 Å². The molecule has 1 aliphatic rings. The molecule has 2 aromatic carbocycles. The number of para-hydroxylation sites is 2. The molecule has 0 radical (unpaired) electrons. The Balaban J connectivity index is 1.38. The molecule has 0 saturated carbocycles. The van der Waals surface area contributed by atoms with Crippen molar-refractivity contribution in [1.29, 1.82) is 0 Å². The minimum absolute atomic E-state index is 0.0568. The Hall–Kier alpha value is -2.58. The average molecular weight is 390 g/mol. The molecule has 0 aliphatic carbocycles. The van der Waals surface area contributed by atoms with Gasteiger partial charge in [0.15, 0.2) is 11.5 Å². The highest BCUT2D eigenvalue weighted by molar-refractivity contribution is 7.89. The number of carbonyl (C=O) groups is 1. The van der Waals surface area contributed by atoms with Gasteiger partial charge in [-0.2, -0.15) is 0 Å². The highest BCUT2D eigenvalue weighted by Gasteiger charge is 2.21. The molecule has 0 unspecified atom stereocenters. The predicted octanol–water partition coefficient (Wildman–Crippen LogP) is 1.61. The quantitative estimate of drug-likeness (QED) is 0.747. The summed E-state index contributed by atoms with van der Waals surface area (Å²) in [5, 5.41) is 7.92. The van der Waals surface area contributed by atoms with Crippen LogP contribution in [0.2, 0.25) is 0 Å². The fourth-order valence-electron chi connectivity index (χ4n) is 2.78. The molecule has 8 heteroatoms. The van der Waals surface area contributed by atoms with E-state index in [2.05, 4.69) is 5.32 Å². The van der Waals surface area contributed by atoms with E-state index in [4.69, 9.17) is 14.6 Å². The van der Waals surface area contributed by atoms with E-state index >= 15 is 0 Å². The van der Waals surface area contributed by atoms with Crippen LogP contribution in [-0.2, 0) is 21.2 Å². The Morgan fingerprint density at radius 2 is 1.81 bits per heavy atom. The minimum atomic E-state index is -3.68. The molecule has 2 aromatic rings. The van der Waals surface area contributed by atoms with Gasteiger partial charge in [-0.1, -0.05) is 24.3 Å². The number of hydrogen-bond donors (Lipinski definition) is 2. The summed E-state index contributed by atoms with van der Waals surface area (Å²) in [6.07, 6.45) is 1.38. The van der Waals surface area contributed by atoms with Gasteiger partial charge < -0.3 is 14.8 Å². The zero-order chi connectivity index (χ0) is 19.3. The number of rotatable bonds is 7. The van der Waals surface area contributed by atoms with Crippen LogP contribution in [0.4, 0.5) is 0 Å². The number of sulfonamides is 1. The maximum atomic E-state index is 12.0. The lowest BCUT2D eigenvalue weighted by Gasteiger charge is -2.26. The second-order valence-corrected chi connectivity index (χ2v) is 7.89. The number of benzene rings is 2. The SMILES string of the molecule is NS(=O)(=O)c1ccc(CCNC(=O)CC[C@@H]2COc3ccccc3O2)cc1. The smallest absolute Gasteiger partial charge is 0.238 e. The van der Waals surface area contributed by atoms with Gasteiger partial charge in [-0.15, -0.1) is 0 Å². The fourth-order valence-corrected chi connectivity index (χ4v) is 3.29. The lowest BCUT2D eigenvalue weighted by Crippen LogP contribution is -2.32. The average Bonchev–Trinajstić information content (AvgIpc) is 2.66. The lowest BCUT2D eigenvalue weighted by atomic mass is 10.1. The number of nitrogens with two attached hydrogens (primary N) is 1. The molecule has 0 bridgehead atoms. The van der Waals surface area contributed by atoms with Gasteiger partial charge in [0.25, 0.3) is 0 Å². The van der Waals surface area contributed by atoms with E-state index < -0.39 is 10.0 Å². The van der Waals surface area contributed by atoms with Crippen LogP contribution in [0.15, 0.2) is 53.4 Å². The molecule has 3 rings (SSSR count). The van der Waals surface area contributed by atoms with Crippen molar-refractivity contribution in [2.45, 2.75) is 30.3 Å². The molecule has 27 heavy (non-hydrogen) atoms. The maximum absolute atomic E-state index is 12.0. The molecular weight excluding hydrogens is 368 g/mol. The van der Waals surface area contributed by atoms with Crippen molar-refractivity contribution in [3.05, 3.63) is 54.1 Å². The number of amides is 1. The molecule has 7 nitrogen and oxygen atoms in total. The van der Waals surface area contributed by atoms with Crippen molar-refractivity contribution in [2.24, 2.45) is 5.14 Å². The number of ether oxygens (including phenoxy) is 2. The molecule has 1 heterocycles. The second-order valence-electron chi connectivity index (χ2n) is 6.33. The Bertz CT molecular complexity index is 897. The van der Waals surface area contributed by atoms with Gasteiger partial charge in [-0.05, 0) is 42.7 Å². The standard InChI is InChI=1S/C19H22N2O5S/c20-27(23,24)16-8-5-14(6-9-16)11-12-21-19(22)10-7-15-13-25-17-3-1-2-4-18(17)26-15/h1-6,8-9,15H,7,10-13H2,(H,21,22)(H2,20,23,24)/t15-/m1/s1. The molecular formula is C19H22N2O5S. The van der Waals surface area contributed by atoms with Crippen molar-refractivity contribution in [3.8, 4) is 11.5 Å². The Kier molecular flexibility index (Phi) is 5.98. The van der Waals surface area contributed by atoms with Crippen LogP contribution in [-0.4, -0.2) is 33.6 Å². The van der Waals surface area contributed by atoms with E-state index in [9.17, 15) is 13.2 Å². The number of fused-ring (bicyclic) bond motifs is 1. The third-order valence-electron chi connectivity index (χ3n) is 4.25. The summed E-state index contributed by atoms with van der Waals surface area (Å²) in [6.45, 7) is 0.902. The third-order valence-corrected chi connectivity index (χ3v) is 5.18. The molecule has 1 aliphatic heterocycles. The second kappa shape index (κ2) is 8.41. The normalized spacial score (nSPS) is 16.0. The number of primary sulfonamides is 1. The molecule has 0 spiro atoms. The van der Waals surface area contributed by atoms with Gasteiger partial charge in [-0.25, -0.2) is 13.6 Å². The topological polar surface area (TPSA) is 108 Å². The highest BCUT2D eigenvalue weighted by Crippen LogP contribution is 2.31. The number of nitrogens with one attached hydrogen (secondary N) is 1. The van der Waals surface area contributed by atoms with Crippen molar-refractivity contribution in [1.82, 2.24) is 5.32 Å². The highest BCUT2D eigenvalue weighted by atomic mass is 32.2. The predicted molar refractivity (Wildman–Crippen MR) is 100 cm³/mol. The zero-order valence-corrected chi connectivity index (χ0v) is 15.6. The first-order valence-electron chi connectivity index (χ1n) is 8.69. The maximum Gasteiger partial charge on any atom is 0.238 e. The van der Waals surface area contributed by atoms with Crippen LogP contribution >= 0.6 is 0 Å². The fraction of sp³-hybridized carbons (Fsp3) is 0.316. The largest absolute Gasteiger partial charge is 0.486 e. The summed E-state index contributed by atoms with van der Waals surface area (Å²) in [6, 6.07) is 13.8. The van der Waals surface area contributed by atoms with Crippen LogP contribution in [0.3, 0.4) is 0 Å². The van der Waals surface area contributed by atoms with Crippen molar-refractivity contribution < 1.29 is 22.7 Å². The third kappa shape index (κ3) is 5.45. The summed E-state index contributed by atoms with van der Waals surface area (Å²) in [4.78, 5) is 12.1. The Labute approximate surface area is 158 Å². The van der Waals surface area contributed by atoms with E-state index in [1.165, 1.54) is 12.1 Å². The molecule has 3 N–H and O–H groups in total. The zero-order valence-electron chi connectivity index (χ0n) is 14.8. The molecule has 1 atom stereocenters. The van der Waals surface area contributed by atoms with Gasteiger partial charge in [0.2, 0.25) is 15.9 Å². The Morgan fingerprint density at radius 1 is 1.11 bits per heavy atom. The van der Waals surface area contributed by atoms with Crippen LogP contribution in [0.5, 0.6) is 11.5 Å². The molecule has 1 amide bonds. The summed E-state index contributed by atoms with van der Waals surface area (Å²) in [5.41, 5.74) is 0.920.